The van der Waals surface area contributed by atoms with Gasteiger partial charge in [0.2, 0.25) is 5.95 Å². The first kappa shape index (κ1) is 14.2. The molecule has 6 nitrogen and oxygen atoms in total. The van der Waals surface area contributed by atoms with Crippen molar-refractivity contribution in [2.45, 2.75) is 26.7 Å². The molecule has 1 heterocycles. The third-order valence-corrected chi connectivity index (χ3v) is 2.79. The van der Waals surface area contributed by atoms with Gasteiger partial charge in [0, 0.05) is 13.0 Å². The van der Waals surface area contributed by atoms with Crippen LogP contribution in [0, 0.1) is 0 Å². The molecule has 0 unspecified atom stereocenters. The fourth-order valence-electron chi connectivity index (χ4n) is 1.84. The SMILES string of the molecule is CCCNNc1nc(CC)n(-c2ccccc2)c(=O)n1. The van der Waals surface area contributed by atoms with E-state index in [9.17, 15) is 4.79 Å². The molecule has 0 radical (unpaired) electrons. The molecule has 0 aliphatic heterocycles. The van der Waals surface area contributed by atoms with Crippen molar-refractivity contribution in [1.82, 2.24) is 20.0 Å². The molecule has 0 aliphatic rings. The number of nitrogens with one attached hydrogen (secondary N) is 2. The second kappa shape index (κ2) is 6.81. The molecular weight excluding hydrogens is 254 g/mol. The van der Waals surface area contributed by atoms with Crippen LogP contribution in [0.15, 0.2) is 35.1 Å². The lowest BCUT2D eigenvalue weighted by Gasteiger charge is -2.12. The number of hydrogen-bond acceptors (Lipinski definition) is 5. The number of rotatable bonds is 6. The molecule has 0 spiro atoms. The lowest BCUT2D eigenvalue weighted by Crippen LogP contribution is -2.31. The molecular formula is C14H19N5O. The van der Waals surface area contributed by atoms with Gasteiger partial charge in [-0.25, -0.2) is 14.8 Å². The van der Waals surface area contributed by atoms with E-state index in [0.717, 1.165) is 18.7 Å². The van der Waals surface area contributed by atoms with Crippen LogP contribution in [-0.2, 0) is 6.42 Å². The molecule has 0 aliphatic carbocycles. The lowest BCUT2D eigenvalue weighted by molar-refractivity contribution is 0.722. The summed E-state index contributed by atoms with van der Waals surface area (Å²) in [6.07, 6.45) is 1.63. The molecule has 0 saturated heterocycles. The number of nitrogens with zero attached hydrogens (tertiary/aromatic N) is 3. The van der Waals surface area contributed by atoms with E-state index < -0.39 is 0 Å². The van der Waals surface area contributed by atoms with Gasteiger partial charge in [-0.1, -0.05) is 32.0 Å². The zero-order chi connectivity index (χ0) is 14.4. The van der Waals surface area contributed by atoms with Gasteiger partial charge in [0.25, 0.3) is 0 Å². The van der Waals surface area contributed by atoms with Gasteiger partial charge < -0.3 is 0 Å². The monoisotopic (exact) mass is 273 g/mol. The second-order valence-electron chi connectivity index (χ2n) is 4.32. The predicted molar refractivity (Wildman–Crippen MR) is 78.9 cm³/mol. The number of hydrogen-bond donors (Lipinski definition) is 2. The quantitative estimate of drug-likeness (QED) is 0.616. The molecule has 1 aromatic heterocycles. The Morgan fingerprint density at radius 2 is 1.90 bits per heavy atom. The molecule has 2 rings (SSSR count). The zero-order valence-electron chi connectivity index (χ0n) is 11.8. The van der Waals surface area contributed by atoms with Gasteiger partial charge in [0.05, 0.1) is 5.69 Å². The number of benzene rings is 1. The van der Waals surface area contributed by atoms with Crippen molar-refractivity contribution in [3.05, 3.63) is 46.6 Å². The summed E-state index contributed by atoms with van der Waals surface area (Å²) in [7, 11) is 0. The van der Waals surface area contributed by atoms with Crippen LogP contribution in [0.5, 0.6) is 0 Å². The summed E-state index contributed by atoms with van der Waals surface area (Å²) in [5.41, 5.74) is 6.27. The van der Waals surface area contributed by atoms with Gasteiger partial charge >= 0.3 is 5.69 Å². The van der Waals surface area contributed by atoms with Crippen molar-refractivity contribution in [3.8, 4) is 5.69 Å². The van der Waals surface area contributed by atoms with Crippen LogP contribution in [-0.4, -0.2) is 21.1 Å². The molecule has 20 heavy (non-hydrogen) atoms. The molecule has 0 atom stereocenters. The fourth-order valence-corrected chi connectivity index (χ4v) is 1.84. The molecule has 6 heteroatoms. The average molecular weight is 273 g/mol. The maximum atomic E-state index is 12.2. The first-order chi connectivity index (χ1) is 9.76. The highest BCUT2D eigenvalue weighted by atomic mass is 16.1. The Bertz CT molecular complexity index is 609. The summed E-state index contributed by atoms with van der Waals surface area (Å²) >= 11 is 0. The fraction of sp³-hybridized carbons (Fsp3) is 0.357. The Balaban J connectivity index is 2.37. The van der Waals surface area contributed by atoms with Crippen LogP contribution in [0.25, 0.3) is 5.69 Å². The highest BCUT2D eigenvalue weighted by Crippen LogP contribution is 2.08. The Morgan fingerprint density at radius 1 is 1.15 bits per heavy atom. The highest BCUT2D eigenvalue weighted by Gasteiger charge is 2.10. The largest absolute Gasteiger partial charge is 0.356 e. The van der Waals surface area contributed by atoms with E-state index in [2.05, 4.69) is 27.7 Å². The van der Waals surface area contributed by atoms with Crippen LogP contribution in [0.3, 0.4) is 0 Å². The first-order valence-corrected chi connectivity index (χ1v) is 6.80. The zero-order valence-corrected chi connectivity index (χ0v) is 11.8. The summed E-state index contributed by atoms with van der Waals surface area (Å²) in [5, 5.41) is 0. The summed E-state index contributed by atoms with van der Waals surface area (Å²) in [4.78, 5) is 20.5. The minimum Gasteiger partial charge on any atom is -0.289 e. The normalized spacial score (nSPS) is 10.5. The van der Waals surface area contributed by atoms with Gasteiger partial charge in [-0.15, -0.1) is 0 Å². The van der Waals surface area contributed by atoms with Crippen LogP contribution in [0.2, 0.25) is 0 Å². The van der Waals surface area contributed by atoms with Crippen molar-refractivity contribution >= 4 is 5.95 Å². The maximum Gasteiger partial charge on any atom is 0.356 e. The molecule has 0 bridgehead atoms. The van der Waals surface area contributed by atoms with Crippen LogP contribution >= 0.6 is 0 Å². The minimum absolute atomic E-state index is 0.312. The summed E-state index contributed by atoms with van der Waals surface area (Å²) in [6, 6.07) is 9.41. The van der Waals surface area contributed by atoms with E-state index in [0.29, 0.717) is 18.2 Å². The Morgan fingerprint density at radius 3 is 2.55 bits per heavy atom. The maximum absolute atomic E-state index is 12.2. The van der Waals surface area contributed by atoms with Crippen LogP contribution in [0.4, 0.5) is 5.95 Å². The number of aryl methyl sites for hydroxylation is 1. The van der Waals surface area contributed by atoms with E-state index in [4.69, 9.17) is 0 Å². The van der Waals surface area contributed by atoms with E-state index >= 15 is 0 Å². The van der Waals surface area contributed by atoms with Crippen molar-refractivity contribution in [3.63, 3.8) is 0 Å². The first-order valence-electron chi connectivity index (χ1n) is 6.80. The predicted octanol–water partition coefficient (Wildman–Crippen LogP) is 1.52. The summed E-state index contributed by atoms with van der Waals surface area (Å²) in [6.45, 7) is 4.80. The number of para-hydroxylation sites is 1. The lowest BCUT2D eigenvalue weighted by atomic mass is 10.3. The van der Waals surface area contributed by atoms with E-state index in [1.54, 1.807) is 0 Å². The summed E-state index contributed by atoms with van der Waals surface area (Å²) in [5.74, 6) is 0.990. The topological polar surface area (TPSA) is 71.8 Å². The van der Waals surface area contributed by atoms with Gasteiger partial charge in [0.15, 0.2) is 0 Å². The Kier molecular flexibility index (Phi) is 4.84. The number of aromatic nitrogens is 3. The Hall–Kier alpha value is -2.21. The second-order valence-corrected chi connectivity index (χ2v) is 4.32. The van der Waals surface area contributed by atoms with Crippen LogP contribution in [0.1, 0.15) is 26.1 Å². The molecule has 1 aromatic carbocycles. The summed E-state index contributed by atoms with van der Waals surface area (Å²) < 4.78 is 1.53. The molecule has 0 fully saturated rings. The smallest absolute Gasteiger partial charge is 0.289 e. The molecule has 2 aromatic rings. The van der Waals surface area contributed by atoms with Crippen molar-refractivity contribution in [2.75, 3.05) is 12.0 Å². The number of anilines is 1. The standard InChI is InChI=1S/C14H19N5O/c1-3-10-15-18-13-16-12(4-2)19(14(20)17-13)11-8-6-5-7-9-11/h5-9,15H,3-4,10H2,1-2H3,(H,17,18,20). The molecule has 0 amide bonds. The van der Waals surface area contributed by atoms with Gasteiger partial charge in [-0.3, -0.25) is 5.43 Å². The van der Waals surface area contributed by atoms with Crippen molar-refractivity contribution < 1.29 is 0 Å². The van der Waals surface area contributed by atoms with E-state index in [-0.39, 0.29) is 5.69 Å². The molecule has 2 N–H and O–H groups in total. The number of hydrazine groups is 1. The van der Waals surface area contributed by atoms with Crippen molar-refractivity contribution in [2.24, 2.45) is 0 Å². The third-order valence-electron chi connectivity index (χ3n) is 2.79. The van der Waals surface area contributed by atoms with Gasteiger partial charge in [-0.05, 0) is 18.6 Å². The highest BCUT2D eigenvalue weighted by molar-refractivity contribution is 5.34. The van der Waals surface area contributed by atoms with Crippen LogP contribution < -0.4 is 16.5 Å². The average Bonchev–Trinajstić information content (AvgIpc) is 2.47. The van der Waals surface area contributed by atoms with E-state index in [1.807, 2.05) is 37.3 Å². The minimum atomic E-state index is -0.330. The third kappa shape index (κ3) is 3.21. The Labute approximate surface area is 117 Å². The van der Waals surface area contributed by atoms with Gasteiger partial charge in [0.1, 0.15) is 5.82 Å². The molecule has 0 saturated carbocycles. The van der Waals surface area contributed by atoms with E-state index in [1.165, 1.54) is 4.57 Å². The van der Waals surface area contributed by atoms with Gasteiger partial charge in [-0.2, -0.15) is 9.97 Å². The van der Waals surface area contributed by atoms with Crippen molar-refractivity contribution in [1.29, 1.82) is 0 Å². The molecule has 106 valence electrons.